The summed E-state index contributed by atoms with van der Waals surface area (Å²) in [5.74, 6) is -0.0159. The molecule has 0 atom stereocenters. The van der Waals surface area contributed by atoms with Crippen LogP contribution in [0.3, 0.4) is 0 Å². The summed E-state index contributed by atoms with van der Waals surface area (Å²) in [7, 11) is 0. The lowest BCUT2D eigenvalue weighted by Crippen LogP contribution is -2.35. The van der Waals surface area contributed by atoms with E-state index in [1.807, 2.05) is 0 Å². The van der Waals surface area contributed by atoms with Gasteiger partial charge in [0, 0.05) is 11.6 Å². The molecule has 28 heavy (non-hydrogen) atoms. The molecular weight excluding hydrogens is 368 g/mol. The highest BCUT2D eigenvalue weighted by Gasteiger charge is 2.15. The predicted octanol–water partition coefficient (Wildman–Crippen LogP) is 1.25. The van der Waals surface area contributed by atoms with Crippen molar-refractivity contribution in [2.45, 2.75) is 0 Å². The van der Waals surface area contributed by atoms with E-state index in [1.54, 1.807) is 18.2 Å². The van der Waals surface area contributed by atoms with E-state index < -0.39 is 16.7 Å². The van der Waals surface area contributed by atoms with E-state index in [1.165, 1.54) is 30.5 Å². The first kappa shape index (κ1) is 18.8. The minimum absolute atomic E-state index is 0.132. The highest BCUT2D eigenvalue weighted by molar-refractivity contribution is 5.97. The number of ether oxygens (including phenoxy) is 2. The minimum Gasteiger partial charge on any atom is -0.486 e. The van der Waals surface area contributed by atoms with Crippen molar-refractivity contribution >= 4 is 23.7 Å². The third-order valence-electron chi connectivity index (χ3n) is 3.74. The zero-order chi connectivity index (χ0) is 19.9. The van der Waals surface area contributed by atoms with E-state index in [-0.39, 0.29) is 17.8 Å². The second kappa shape index (κ2) is 8.62. The van der Waals surface area contributed by atoms with Crippen molar-refractivity contribution in [1.82, 2.24) is 10.7 Å². The predicted molar refractivity (Wildman–Crippen MR) is 98.6 cm³/mol. The van der Waals surface area contributed by atoms with Crippen LogP contribution < -0.4 is 20.2 Å². The fourth-order valence-corrected chi connectivity index (χ4v) is 2.42. The molecule has 0 bridgehead atoms. The molecule has 0 aliphatic carbocycles. The number of nitrogens with zero attached hydrogens (tertiary/aromatic N) is 2. The highest BCUT2D eigenvalue weighted by Crippen LogP contribution is 2.30. The summed E-state index contributed by atoms with van der Waals surface area (Å²) in [6, 6.07) is 10.7. The first-order chi connectivity index (χ1) is 13.5. The first-order valence-corrected chi connectivity index (χ1v) is 8.28. The van der Waals surface area contributed by atoms with Gasteiger partial charge in [-0.2, -0.15) is 5.10 Å². The molecule has 1 aliphatic rings. The molecule has 0 aromatic heterocycles. The Labute approximate surface area is 159 Å². The summed E-state index contributed by atoms with van der Waals surface area (Å²) >= 11 is 0. The molecule has 0 saturated carbocycles. The van der Waals surface area contributed by atoms with Crippen LogP contribution in [0.15, 0.2) is 47.6 Å². The van der Waals surface area contributed by atoms with Crippen LogP contribution in [-0.2, 0) is 4.79 Å². The van der Waals surface area contributed by atoms with Crippen LogP contribution in [0, 0.1) is 10.1 Å². The maximum atomic E-state index is 12.1. The molecule has 2 N–H and O–H groups in total. The molecule has 0 radical (unpaired) electrons. The van der Waals surface area contributed by atoms with Gasteiger partial charge >= 0.3 is 0 Å². The lowest BCUT2D eigenvalue weighted by Gasteiger charge is -2.18. The second-order valence-electron chi connectivity index (χ2n) is 5.65. The van der Waals surface area contributed by atoms with Gasteiger partial charge in [0.15, 0.2) is 11.5 Å². The van der Waals surface area contributed by atoms with Gasteiger partial charge in [0.1, 0.15) is 13.2 Å². The lowest BCUT2D eigenvalue weighted by atomic mass is 10.2. The smallest absolute Gasteiger partial charge is 0.278 e. The molecule has 1 aliphatic heterocycles. The quantitative estimate of drug-likeness (QED) is 0.438. The van der Waals surface area contributed by atoms with Gasteiger partial charge in [-0.15, -0.1) is 0 Å². The molecular formula is C18H16N4O6. The molecule has 2 amide bonds. The summed E-state index contributed by atoms with van der Waals surface area (Å²) in [6.07, 6.45) is 1.17. The molecule has 10 nitrogen and oxygen atoms in total. The van der Waals surface area contributed by atoms with E-state index in [0.29, 0.717) is 30.3 Å². The van der Waals surface area contributed by atoms with Gasteiger partial charge in [0.2, 0.25) is 0 Å². The number of amides is 2. The maximum absolute atomic E-state index is 12.1. The molecule has 3 rings (SSSR count). The van der Waals surface area contributed by atoms with Crippen LogP contribution in [0.4, 0.5) is 5.69 Å². The highest BCUT2D eigenvalue weighted by atomic mass is 16.6. The number of rotatable bonds is 6. The van der Waals surface area contributed by atoms with Crippen molar-refractivity contribution in [2.75, 3.05) is 19.8 Å². The van der Waals surface area contributed by atoms with Gasteiger partial charge < -0.3 is 14.8 Å². The summed E-state index contributed by atoms with van der Waals surface area (Å²) in [6.45, 7) is 0.533. The number of nitrogens with one attached hydrogen (secondary N) is 2. The maximum Gasteiger partial charge on any atom is 0.278 e. The molecule has 0 saturated heterocycles. The van der Waals surface area contributed by atoms with Gasteiger partial charge in [-0.3, -0.25) is 19.7 Å². The van der Waals surface area contributed by atoms with Crippen molar-refractivity contribution in [3.05, 3.63) is 63.7 Å². The fraction of sp³-hybridized carbons (Fsp3) is 0.167. The van der Waals surface area contributed by atoms with Gasteiger partial charge in [-0.05, 0) is 24.3 Å². The minimum atomic E-state index is -0.583. The molecule has 10 heteroatoms. The first-order valence-electron chi connectivity index (χ1n) is 8.28. The molecule has 1 heterocycles. The van der Waals surface area contributed by atoms with Crippen LogP contribution in [0.25, 0.3) is 0 Å². The fourth-order valence-electron chi connectivity index (χ4n) is 2.42. The van der Waals surface area contributed by atoms with Crippen molar-refractivity contribution in [3.63, 3.8) is 0 Å². The number of hydrogen-bond acceptors (Lipinski definition) is 7. The Morgan fingerprint density at radius 1 is 1.14 bits per heavy atom. The third-order valence-corrected chi connectivity index (χ3v) is 3.74. The van der Waals surface area contributed by atoms with E-state index >= 15 is 0 Å². The monoisotopic (exact) mass is 384 g/mol. The summed E-state index contributed by atoms with van der Waals surface area (Å²) in [5.41, 5.74) is 2.63. The van der Waals surface area contributed by atoms with Crippen LogP contribution in [-0.4, -0.2) is 42.7 Å². The number of nitro benzene ring substituents is 1. The Hall–Kier alpha value is -3.95. The summed E-state index contributed by atoms with van der Waals surface area (Å²) in [5, 5.41) is 17.0. The number of carbonyl (C=O) groups is 2. The van der Waals surface area contributed by atoms with Crippen molar-refractivity contribution in [2.24, 2.45) is 5.10 Å². The zero-order valence-electron chi connectivity index (χ0n) is 14.6. The molecule has 0 fully saturated rings. The van der Waals surface area contributed by atoms with Crippen LogP contribution in [0.2, 0.25) is 0 Å². The number of nitro groups is 1. The molecule has 0 spiro atoms. The van der Waals surface area contributed by atoms with E-state index in [4.69, 9.17) is 9.47 Å². The van der Waals surface area contributed by atoms with Gasteiger partial charge in [0.05, 0.1) is 23.2 Å². The molecule has 2 aromatic carbocycles. The van der Waals surface area contributed by atoms with Gasteiger partial charge in [-0.1, -0.05) is 12.1 Å². The topological polar surface area (TPSA) is 132 Å². The number of carbonyl (C=O) groups excluding carboxylic acids is 2. The Bertz CT molecular complexity index is 943. The number of hydrazone groups is 1. The second-order valence-corrected chi connectivity index (χ2v) is 5.65. The molecule has 0 unspecified atom stereocenters. The number of hydrogen-bond donors (Lipinski definition) is 2. The van der Waals surface area contributed by atoms with E-state index in [9.17, 15) is 19.7 Å². The number of benzene rings is 2. The van der Waals surface area contributed by atoms with Crippen LogP contribution >= 0.6 is 0 Å². The van der Waals surface area contributed by atoms with E-state index in [2.05, 4.69) is 15.8 Å². The van der Waals surface area contributed by atoms with E-state index in [0.717, 1.165) is 0 Å². The van der Waals surface area contributed by atoms with Gasteiger partial charge in [-0.25, -0.2) is 5.43 Å². The Morgan fingerprint density at radius 2 is 1.89 bits per heavy atom. The zero-order valence-corrected chi connectivity index (χ0v) is 14.6. The Morgan fingerprint density at radius 3 is 2.68 bits per heavy atom. The Balaban J connectivity index is 1.52. The van der Waals surface area contributed by atoms with Crippen molar-refractivity contribution < 1.29 is 24.0 Å². The van der Waals surface area contributed by atoms with Crippen molar-refractivity contribution in [3.8, 4) is 11.5 Å². The largest absolute Gasteiger partial charge is 0.486 e. The molecule has 2 aromatic rings. The normalized spacial score (nSPS) is 12.4. The third kappa shape index (κ3) is 4.61. The van der Waals surface area contributed by atoms with Crippen LogP contribution in [0.5, 0.6) is 11.5 Å². The van der Waals surface area contributed by atoms with Gasteiger partial charge in [0.25, 0.3) is 17.5 Å². The average molecular weight is 384 g/mol. The summed E-state index contributed by atoms with van der Waals surface area (Å²) in [4.78, 5) is 34.3. The van der Waals surface area contributed by atoms with Crippen LogP contribution in [0.1, 0.15) is 15.9 Å². The van der Waals surface area contributed by atoms with Crippen molar-refractivity contribution in [1.29, 1.82) is 0 Å². The average Bonchev–Trinajstić information content (AvgIpc) is 2.72. The SMILES string of the molecule is O=C(CNC(=O)c1ccc2c(c1)OCCO2)NN=Cc1ccccc1[N+](=O)[O-]. The standard InChI is InChI=1S/C18H16N4O6/c23-17(21-20-10-13-3-1-2-4-14(13)22(25)26)11-19-18(24)12-5-6-15-16(9-12)28-8-7-27-15/h1-6,9-10H,7-8,11H2,(H,19,24)(H,21,23). The number of para-hydroxylation sites is 1. The lowest BCUT2D eigenvalue weighted by molar-refractivity contribution is -0.385. The summed E-state index contributed by atoms with van der Waals surface area (Å²) < 4.78 is 10.8. The Kier molecular flexibility index (Phi) is 5.80. The molecule has 144 valence electrons. The number of fused-ring (bicyclic) bond motifs is 1.